The van der Waals surface area contributed by atoms with Crippen molar-refractivity contribution in [3.8, 4) is 0 Å². The number of nitrogens with one attached hydrogen (secondary N) is 1. The quantitative estimate of drug-likeness (QED) is 0.553. The summed E-state index contributed by atoms with van der Waals surface area (Å²) in [6, 6.07) is -0.289. The molecular weight excluding hydrogens is 228 g/mol. The number of hydrogen-bond acceptors (Lipinski definition) is 4. The Balaban J connectivity index is 2.32. The molecule has 0 aliphatic carbocycles. The molecule has 0 atom stereocenters. The normalized spacial score (nSPS) is 19.1. The van der Waals surface area contributed by atoms with Crippen LogP contribution in [0.25, 0.3) is 0 Å². The Kier molecular flexibility index (Phi) is 4.61. The Hall–Kier alpha value is -0.750. The first-order valence-electron chi connectivity index (χ1n) is 5.20. The maximum absolute atomic E-state index is 11.8. The average Bonchev–Trinajstić information content (AvgIpc) is 2.39. The molecule has 1 aliphatic heterocycles. The van der Waals surface area contributed by atoms with E-state index in [1.54, 1.807) is 32.7 Å². The van der Waals surface area contributed by atoms with Crippen molar-refractivity contribution in [3.63, 3.8) is 0 Å². The molecule has 0 saturated carbocycles. The Labute approximate surface area is 99.9 Å². The highest BCUT2D eigenvalue weighted by molar-refractivity contribution is 7.99. The maximum atomic E-state index is 11.8. The van der Waals surface area contributed by atoms with Gasteiger partial charge in [0.05, 0.1) is 6.61 Å². The van der Waals surface area contributed by atoms with Crippen molar-refractivity contribution in [2.24, 2.45) is 0 Å². The molecule has 0 unspecified atom stereocenters. The molecule has 3 amide bonds. The van der Waals surface area contributed by atoms with Crippen molar-refractivity contribution >= 4 is 23.7 Å². The molecule has 1 heterocycles. The number of hydrogen-bond donors (Lipinski definition) is 1. The summed E-state index contributed by atoms with van der Waals surface area (Å²) in [6.45, 7) is 4.58. The zero-order valence-corrected chi connectivity index (χ0v) is 10.7. The number of thioether (sulfide) groups is 1. The molecule has 1 aliphatic rings. The fraction of sp³-hybridized carbons (Fsp3) is 0.800. The van der Waals surface area contributed by atoms with Crippen LogP contribution in [-0.2, 0) is 9.53 Å². The Bertz CT molecular complexity index is 281. The number of rotatable bonds is 6. The zero-order chi connectivity index (χ0) is 12.2. The molecule has 0 radical (unpaired) electrons. The maximum Gasteiger partial charge on any atom is 0.325 e. The Morgan fingerprint density at radius 1 is 1.38 bits per heavy atom. The summed E-state index contributed by atoms with van der Waals surface area (Å²) >= 11 is 1.67. The van der Waals surface area contributed by atoms with E-state index in [-0.39, 0.29) is 11.9 Å². The lowest BCUT2D eigenvalue weighted by atomic mass is 10.1. The van der Waals surface area contributed by atoms with Gasteiger partial charge in [-0.15, -0.1) is 0 Å². The minimum absolute atomic E-state index is 0.148. The minimum Gasteiger partial charge on any atom is -0.384 e. The van der Waals surface area contributed by atoms with Gasteiger partial charge in [-0.05, 0) is 13.8 Å². The molecule has 16 heavy (non-hydrogen) atoms. The highest BCUT2D eigenvalue weighted by Gasteiger charge is 2.43. The molecule has 6 heteroatoms. The lowest BCUT2D eigenvalue weighted by Crippen LogP contribution is -2.40. The van der Waals surface area contributed by atoms with E-state index >= 15 is 0 Å². The molecule has 0 spiro atoms. The Morgan fingerprint density at radius 2 is 2.06 bits per heavy atom. The van der Waals surface area contributed by atoms with Gasteiger partial charge in [-0.3, -0.25) is 9.69 Å². The first kappa shape index (κ1) is 13.3. The highest BCUT2D eigenvalue weighted by Crippen LogP contribution is 2.16. The largest absolute Gasteiger partial charge is 0.384 e. The third-order valence-corrected chi connectivity index (χ3v) is 3.26. The van der Waals surface area contributed by atoms with E-state index in [4.69, 9.17) is 4.74 Å². The average molecular weight is 246 g/mol. The molecule has 0 bridgehead atoms. The number of carbonyl (C=O) groups is 2. The van der Waals surface area contributed by atoms with Crippen LogP contribution in [0.5, 0.6) is 0 Å². The van der Waals surface area contributed by atoms with Gasteiger partial charge in [-0.2, -0.15) is 11.8 Å². The van der Waals surface area contributed by atoms with E-state index in [1.165, 1.54) is 4.90 Å². The topological polar surface area (TPSA) is 58.6 Å². The van der Waals surface area contributed by atoms with E-state index in [9.17, 15) is 9.59 Å². The molecule has 0 aromatic rings. The molecule has 92 valence electrons. The van der Waals surface area contributed by atoms with Crippen LogP contribution in [-0.4, -0.2) is 54.1 Å². The summed E-state index contributed by atoms with van der Waals surface area (Å²) in [4.78, 5) is 24.5. The van der Waals surface area contributed by atoms with E-state index in [2.05, 4.69) is 5.32 Å². The molecule has 0 aromatic carbocycles. The van der Waals surface area contributed by atoms with Gasteiger partial charge >= 0.3 is 6.03 Å². The lowest BCUT2D eigenvalue weighted by Gasteiger charge is -2.15. The van der Waals surface area contributed by atoms with Crippen molar-refractivity contribution < 1.29 is 14.3 Å². The van der Waals surface area contributed by atoms with Gasteiger partial charge in [0.25, 0.3) is 5.91 Å². The molecule has 1 saturated heterocycles. The van der Waals surface area contributed by atoms with Gasteiger partial charge in [0.2, 0.25) is 0 Å². The van der Waals surface area contributed by atoms with Crippen molar-refractivity contribution in [2.45, 2.75) is 19.4 Å². The number of methoxy groups -OCH3 is 1. The zero-order valence-electron chi connectivity index (χ0n) is 9.91. The number of carbonyl (C=O) groups excluding carboxylic acids is 2. The third kappa shape index (κ3) is 3.12. The van der Waals surface area contributed by atoms with Crippen molar-refractivity contribution in [2.75, 3.05) is 31.8 Å². The van der Waals surface area contributed by atoms with E-state index in [0.29, 0.717) is 13.2 Å². The predicted molar refractivity (Wildman–Crippen MR) is 63.5 cm³/mol. The monoisotopic (exact) mass is 246 g/mol. The van der Waals surface area contributed by atoms with Gasteiger partial charge in [-0.1, -0.05) is 0 Å². The van der Waals surface area contributed by atoms with Crippen LogP contribution in [0.15, 0.2) is 0 Å². The highest BCUT2D eigenvalue weighted by atomic mass is 32.2. The van der Waals surface area contributed by atoms with E-state index < -0.39 is 5.54 Å². The van der Waals surface area contributed by atoms with Crippen LogP contribution in [0.1, 0.15) is 13.8 Å². The molecule has 5 nitrogen and oxygen atoms in total. The summed E-state index contributed by atoms with van der Waals surface area (Å²) < 4.78 is 4.91. The van der Waals surface area contributed by atoms with Crippen LogP contribution < -0.4 is 5.32 Å². The molecule has 1 N–H and O–H groups in total. The molecule has 1 fully saturated rings. The van der Waals surface area contributed by atoms with E-state index in [1.807, 2.05) is 0 Å². The molecule has 1 rings (SSSR count). The summed E-state index contributed by atoms with van der Waals surface area (Å²) in [6.07, 6.45) is 0. The summed E-state index contributed by atoms with van der Waals surface area (Å²) in [5.74, 6) is 1.48. The number of amides is 3. The summed E-state index contributed by atoms with van der Waals surface area (Å²) in [5, 5.41) is 2.65. The van der Waals surface area contributed by atoms with Crippen LogP contribution in [0.4, 0.5) is 4.79 Å². The van der Waals surface area contributed by atoms with Crippen molar-refractivity contribution in [3.05, 3.63) is 0 Å². The van der Waals surface area contributed by atoms with Gasteiger partial charge in [-0.25, -0.2) is 4.79 Å². The van der Waals surface area contributed by atoms with Crippen molar-refractivity contribution in [1.82, 2.24) is 10.2 Å². The lowest BCUT2D eigenvalue weighted by molar-refractivity contribution is -0.130. The SMILES string of the molecule is COCCSCCN1C(=O)NC(C)(C)C1=O. The van der Waals surface area contributed by atoms with Gasteiger partial charge in [0, 0.05) is 25.2 Å². The number of nitrogens with zero attached hydrogens (tertiary/aromatic N) is 1. The van der Waals surface area contributed by atoms with Gasteiger partial charge in [0.15, 0.2) is 0 Å². The second-order valence-corrected chi connectivity index (χ2v) is 5.34. The van der Waals surface area contributed by atoms with Crippen LogP contribution in [0.2, 0.25) is 0 Å². The standard InChI is InChI=1S/C10H18N2O3S/c1-10(2)8(13)12(9(14)11-10)4-6-16-7-5-15-3/h4-7H2,1-3H3,(H,11,14). The van der Waals surface area contributed by atoms with Crippen LogP contribution >= 0.6 is 11.8 Å². The smallest absolute Gasteiger partial charge is 0.325 e. The van der Waals surface area contributed by atoms with Gasteiger partial charge in [0.1, 0.15) is 5.54 Å². The number of urea groups is 1. The Morgan fingerprint density at radius 3 is 2.56 bits per heavy atom. The number of imide groups is 1. The summed E-state index contributed by atoms with van der Waals surface area (Å²) in [7, 11) is 1.65. The predicted octanol–water partition coefficient (Wildman–Crippen LogP) is 0.696. The van der Waals surface area contributed by atoms with Crippen LogP contribution in [0, 0.1) is 0 Å². The molecule has 0 aromatic heterocycles. The minimum atomic E-state index is -0.756. The second-order valence-electron chi connectivity index (χ2n) is 4.12. The van der Waals surface area contributed by atoms with E-state index in [0.717, 1.165) is 11.5 Å². The molecular formula is C10H18N2O3S. The fourth-order valence-corrected chi connectivity index (χ4v) is 2.22. The first-order valence-corrected chi connectivity index (χ1v) is 6.35. The van der Waals surface area contributed by atoms with Crippen LogP contribution in [0.3, 0.4) is 0 Å². The van der Waals surface area contributed by atoms with Gasteiger partial charge < -0.3 is 10.1 Å². The first-order chi connectivity index (χ1) is 7.49. The van der Waals surface area contributed by atoms with Crippen molar-refractivity contribution in [1.29, 1.82) is 0 Å². The third-order valence-electron chi connectivity index (χ3n) is 2.34. The summed E-state index contributed by atoms with van der Waals surface area (Å²) in [5.41, 5.74) is -0.756. The fourth-order valence-electron chi connectivity index (χ4n) is 1.42. The second kappa shape index (κ2) is 5.54. The number of ether oxygens (including phenoxy) is 1.